The van der Waals surface area contributed by atoms with Crippen LogP contribution in [-0.4, -0.2) is 18.6 Å². The normalized spacial score (nSPS) is 19.8. The Morgan fingerprint density at radius 2 is 2.38 bits per heavy atom. The first kappa shape index (κ1) is 11.6. The molecule has 1 aromatic rings. The summed E-state index contributed by atoms with van der Waals surface area (Å²) in [6, 6.07) is 5.79. The van der Waals surface area contributed by atoms with E-state index in [4.69, 9.17) is 4.74 Å². The summed E-state index contributed by atoms with van der Waals surface area (Å²) in [4.78, 5) is 11.8. The van der Waals surface area contributed by atoms with E-state index in [0.29, 0.717) is 6.61 Å². The van der Waals surface area contributed by atoms with Crippen LogP contribution < -0.4 is 5.32 Å². The number of halogens is 1. The monoisotopic (exact) mass is 283 g/mol. The van der Waals surface area contributed by atoms with Gasteiger partial charge in [0.15, 0.2) is 0 Å². The Labute approximate surface area is 103 Å². The van der Waals surface area contributed by atoms with Crippen LogP contribution in [-0.2, 0) is 9.53 Å². The number of amides is 1. The fourth-order valence-electron chi connectivity index (χ4n) is 1.74. The minimum Gasteiger partial charge on any atom is -0.368 e. The maximum atomic E-state index is 11.8. The number of nitrogens with one attached hydrogen (secondary N) is 1. The Kier molecular flexibility index (Phi) is 3.61. The molecule has 1 fully saturated rings. The number of benzene rings is 1. The lowest BCUT2D eigenvalue weighted by molar-refractivity contribution is -0.124. The van der Waals surface area contributed by atoms with Crippen LogP contribution in [0, 0.1) is 6.92 Å². The van der Waals surface area contributed by atoms with Crippen molar-refractivity contribution in [2.45, 2.75) is 25.9 Å². The van der Waals surface area contributed by atoms with Crippen molar-refractivity contribution in [2.24, 2.45) is 0 Å². The molecule has 1 amide bonds. The third-order valence-electron chi connectivity index (χ3n) is 2.67. The molecule has 0 saturated carbocycles. The Bertz CT molecular complexity index is 400. The second-order valence-electron chi connectivity index (χ2n) is 3.93. The van der Waals surface area contributed by atoms with E-state index in [2.05, 4.69) is 21.2 Å². The molecule has 1 saturated heterocycles. The molecule has 0 aliphatic carbocycles. The van der Waals surface area contributed by atoms with Crippen molar-refractivity contribution in [1.82, 2.24) is 0 Å². The zero-order chi connectivity index (χ0) is 11.5. The number of aryl methyl sites for hydroxylation is 1. The summed E-state index contributed by atoms with van der Waals surface area (Å²) < 4.78 is 6.26. The van der Waals surface area contributed by atoms with E-state index in [9.17, 15) is 4.79 Å². The number of carbonyl (C=O) groups is 1. The van der Waals surface area contributed by atoms with E-state index in [0.717, 1.165) is 28.6 Å². The molecule has 3 nitrogen and oxygen atoms in total. The van der Waals surface area contributed by atoms with Crippen LogP contribution in [0.4, 0.5) is 5.69 Å². The highest BCUT2D eigenvalue weighted by Crippen LogP contribution is 2.26. The predicted molar refractivity (Wildman–Crippen MR) is 66.5 cm³/mol. The van der Waals surface area contributed by atoms with Gasteiger partial charge in [0.25, 0.3) is 5.91 Å². The number of ether oxygens (including phenoxy) is 1. The third kappa shape index (κ3) is 2.44. The second-order valence-corrected chi connectivity index (χ2v) is 4.72. The summed E-state index contributed by atoms with van der Waals surface area (Å²) >= 11 is 3.46. The van der Waals surface area contributed by atoms with Crippen molar-refractivity contribution in [2.75, 3.05) is 11.9 Å². The van der Waals surface area contributed by atoms with Crippen LogP contribution in [0.5, 0.6) is 0 Å². The Hall–Kier alpha value is -0.870. The molecule has 86 valence electrons. The summed E-state index contributed by atoms with van der Waals surface area (Å²) in [7, 11) is 0. The molecular formula is C12H14BrNO2. The maximum Gasteiger partial charge on any atom is 0.253 e. The molecule has 16 heavy (non-hydrogen) atoms. The fourth-order valence-corrected chi connectivity index (χ4v) is 2.11. The summed E-state index contributed by atoms with van der Waals surface area (Å²) in [5, 5.41) is 2.88. The SMILES string of the molecule is Cc1cccc(NC(=O)[C@H]2CCCO2)c1Br. The van der Waals surface area contributed by atoms with Crippen LogP contribution in [0.1, 0.15) is 18.4 Å². The number of rotatable bonds is 2. The molecule has 0 bridgehead atoms. The highest BCUT2D eigenvalue weighted by molar-refractivity contribution is 9.10. The number of carbonyl (C=O) groups excluding carboxylic acids is 1. The van der Waals surface area contributed by atoms with Gasteiger partial charge in [-0.3, -0.25) is 4.79 Å². The van der Waals surface area contributed by atoms with Gasteiger partial charge in [0, 0.05) is 11.1 Å². The molecule has 0 aromatic heterocycles. The minimum absolute atomic E-state index is 0.0520. The van der Waals surface area contributed by atoms with Gasteiger partial charge in [0.2, 0.25) is 0 Å². The lowest BCUT2D eigenvalue weighted by atomic mass is 10.2. The Balaban J connectivity index is 2.08. The molecule has 1 aromatic carbocycles. The number of hydrogen-bond acceptors (Lipinski definition) is 2. The minimum atomic E-state index is -0.285. The van der Waals surface area contributed by atoms with E-state index < -0.39 is 0 Å². The number of hydrogen-bond donors (Lipinski definition) is 1. The summed E-state index contributed by atoms with van der Waals surface area (Å²) in [6.45, 7) is 2.68. The maximum absolute atomic E-state index is 11.8. The zero-order valence-electron chi connectivity index (χ0n) is 9.13. The van der Waals surface area contributed by atoms with Crippen molar-refractivity contribution in [3.05, 3.63) is 28.2 Å². The molecule has 0 radical (unpaired) electrons. The van der Waals surface area contributed by atoms with Crippen molar-refractivity contribution < 1.29 is 9.53 Å². The van der Waals surface area contributed by atoms with Gasteiger partial charge in [0.1, 0.15) is 6.10 Å². The smallest absolute Gasteiger partial charge is 0.253 e. The molecule has 0 spiro atoms. The van der Waals surface area contributed by atoms with Crippen molar-refractivity contribution >= 4 is 27.5 Å². The van der Waals surface area contributed by atoms with Gasteiger partial charge in [-0.15, -0.1) is 0 Å². The van der Waals surface area contributed by atoms with Gasteiger partial charge < -0.3 is 10.1 Å². The van der Waals surface area contributed by atoms with Gasteiger partial charge in [-0.2, -0.15) is 0 Å². The molecule has 2 rings (SSSR count). The second kappa shape index (κ2) is 4.97. The first-order valence-electron chi connectivity index (χ1n) is 5.36. The molecule has 1 N–H and O–H groups in total. The Morgan fingerprint density at radius 1 is 1.56 bits per heavy atom. The lowest BCUT2D eigenvalue weighted by Gasteiger charge is -2.12. The van der Waals surface area contributed by atoms with Gasteiger partial charge >= 0.3 is 0 Å². The molecule has 1 aliphatic rings. The summed E-state index contributed by atoms with van der Waals surface area (Å²) in [6.07, 6.45) is 1.50. The van der Waals surface area contributed by atoms with Gasteiger partial charge in [-0.25, -0.2) is 0 Å². The quantitative estimate of drug-likeness (QED) is 0.906. The molecule has 1 heterocycles. The fraction of sp³-hybridized carbons (Fsp3) is 0.417. The van der Waals surface area contributed by atoms with Crippen LogP contribution in [0.25, 0.3) is 0 Å². The first-order chi connectivity index (χ1) is 7.68. The first-order valence-corrected chi connectivity index (χ1v) is 6.15. The largest absolute Gasteiger partial charge is 0.368 e. The highest BCUT2D eigenvalue weighted by atomic mass is 79.9. The topological polar surface area (TPSA) is 38.3 Å². The standard InChI is InChI=1S/C12H14BrNO2/c1-8-4-2-5-9(11(8)13)14-12(15)10-6-3-7-16-10/h2,4-5,10H,3,6-7H2,1H3,(H,14,15)/t10-/m1/s1. The van der Waals surface area contributed by atoms with Gasteiger partial charge in [-0.05, 0) is 47.3 Å². The molecule has 0 unspecified atom stereocenters. The van der Waals surface area contributed by atoms with E-state index in [1.807, 2.05) is 25.1 Å². The molecule has 4 heteroatoms. The van der Waals surface area contributed by atoms with E-state index >= 15 is 0 Å². The van der Waals surface area contributed by atoms with Crippen molar-refractivity contribution in [3.8, 4) is 0 Å². The Morgan fingerprint density at radius 3 is 3.06 bits per heavy atom. The van der Waals surface area contributed by atoms with Crippen LogP contribution in [0.2, 0.25) is 0 Å². The third-order valence-corrected chi connectivity index (χ3v) is 3.72. The van der Waals surface area contributed by atoms with E-state index in [1.165, 1.54) is 0 Å². The van der Waals surface area contributed by atoms with E-state index in [1.54, 1.807) is 0 Å². The molecular weight excluding hydrogens is 270 g/mol. The predicted octanol–water partition coefficient (Wildman–Crippen LogP) is 2.88. The lowest BCUT2D eigenvalue weighted by Crippen LogP contribution is -2.27. The zero-order valence-corrected chi connectivity index (χ0v) is 10.7. The van der Waals surface area contributed by atoms with Gasteiger partial charge in [-0.1, -0.05) is 12.1 Å². The van der Waals surface area contributed by atoms with Gasteiger partial charge in [0.05, 0.1) is 5.69 Å². The van der Waals surface area contributed by atoms with Crippen LogP contribution in [0.15, 0.2) is 22.7 Å². The van der Waals surface area contributed by atoms with Crippen molar-refractivity contribution in [3.63, 3.8) is 0 Å². The van der Waals surface area contributed by atoms with Crippen LogP contribution >= 0.6 is 15.9 Å². The summed E-state index contributed by atoms with van der Waals surface area (Å²) in [5.41, 5.74) is 1.91. The van der Waals surface area contributed by atoms with E-state index in [-0.39, 0.29) is 12.0 Å². The molecule has 1 atom stereocenters. The average Bonchev–Trinajstić information content (AvgIpc) is 2.78. The average molecular weight is 284 g/mol. The highest BCUT2D eigenvalue weighted by Gasteiger charge is 2.23. The van der Waals surface area contributed by atoms with Crippen LogP contribution in [0.3, 0.4) is 0 Å². The number of anilines is 1. The molecule has 1 aliphatic heterocycles. The van der Waals surface area contributed by atoms with Crippen molar-refractivity contribution in [1.29, 1.82) is 0 Å². The summed E-state index contributed by atoms with van der Waals surface area (Å²) in [5.74, 6) is -0.0520.